The van der Waals surface area contributed by atoms with Crippen molar-refractivity contribution in [1.29, 1.82) is 0 Å². The van der Waals surface area contributed by atoms with Crippen molar-refractivity contribution < 1.29 is 69.3 Å². The van der Waals surface area contributed by atoms with E-state index in [1.807, 2.05) is 9.80 Å². The topological polar surface area (TPSA) is 432 Å². The Morgan fingerprint density at radius 1 is 0.534 bits per heavy atom. The number of likely N-dealkylation sites (N-methyl/N-ethyl adjacent to an activating group) is 2. The molecule has 58 heavy (non-hydrogen) atoms. The van der Waals surface area contributed by atoms with E-state index in [1.165, 1.54) is 0 Å². The van der Waals surface area contributed by atoms with Gasteiger partial charge >= 0.3 is 0 Å². The summed E-state index contributed by atoms with van der Waals surface area (Å²) in [5, 5.41) is 84.9. The monoisotopic (exact) mass is 845 g/mol. The van der Waals surface area contributed by atoms with Crippen molar-refractivity contribution in [3.05, 3.63) is 0 Å². The lowest BCUT2D eigenvalue weighted by molar-refractivity contribution is -0.292. The van der Waals surface area contributed by atoms with E-state index in [9.17, 15) is 40.9 Å². The van der Waals surface area contributed by atoms with Crippen LogP contribution in [-0.2, 0) is 28.4 Å². The van der Waals surface area contributed by atoms with Crippen LogP contribution in [0.25, 0.3) is 0 Å². The molecule has 2 aliphatic carbocycles. The molecule has 2 saturated heterocycles. The average Bonchev–Trinajstić information content (AvgIpc) is 3.17. The van der Waals surface area contributed by atoms with Crippen LogP contribution in [0.2, 0.25) is 0 Å². The summed E-state index contributed by atoms with van der Waals surface area (Å²) in [6.07, 6.45) is -18.1. The minimum atomic E-state index is -1.39. The largest absolute Gasteiger partial charge is 0.389 e. The summed E-state index contributed by atoms with van der Waals surface area (Å²) in [5.41, 5.74) is 48.5. The van der Waals surface area contributed by atoms with Crippen LogP contribution in [0.1, 0.15) is 12.8 Å². The first-order valence-corrected chi connectivity index (χ1v) is 19.9. The van der Waals surface area contributed by atoms with Gasteiger partial charge in [-0.3, -0.25) is 0 Å². The molecule has 24 heteroatoms. The smallest absolute Gasteiger partial charge is 0.176 e. The molecular formula is C34H72N10O14. The minimum absolute atomic E-state index is 0.113. The summed E-state index contributed by atoms with van der Waals surface area (Å²) in [6.45, 7) is 0.605. The highest BCUT2D eigenvalue weighted by molar-refractivity contribution is 5.02. The predicted molar refractivity (Wildman–Crippen MR) is 205 cm³/mol. The fourth-order valence-corrected chi connectivity index (χ4v) is 7.93. The lowest BCUT2D eigenvalue weighted by Crippen LogP contribution is -2.68. The quantitative estimate of drug-likeness (QED) is 0.0574. The van der Waals surface area contributed by atoms with Crippen molar-refractivity contribution in [2.75, 3.05) is 66.6 Å². The van der Waals surface area contributed by atoms with Gasteiger partial charge in [-0.25, -0.2) is 0 Å². The van der Waals surface area contributed by atoms with E-state index in [0.717, 1.165) is 0 Å². The molecule has 0 bridgehead atoms. The Balaban J connectivity index is 1.23. The van der Waals surface area contributed by atoms with E-state index in [2.05, 4.69) is 0 Å². The molecule has 22 atom stereocenters. The number of aliphatic hydroxyl groups excluding tert-OH is 8. The molecule has 0 radical (unpaired) electrons. The first kappa shape index (κ1) is 49.7. The van der Waals surface area contributed by atoms with Gasteiger partial charge in [0.25, 0.3) is 0 Å². The number of nitrogens with zero attached hydrogens (tertiary/aromatic N) is 2. The van der Waals surface area contributed by atoms with Crippen molar-refractivity contribution >= 4 is 0 Å². The molecule has 2 aliphatic heterocycles. The Hall–Kier alpha value is -0.960. The molecule has 4 fully saturated rings. The molecule has 24 N–H and O–H groups in total. The Morgan fingerprint density at radius 2 is 0.879 bits per heavy atom. The van der Waals surface area contributed by atoms with Crippen molar-refractivity contribution in [2.45, 2.75) is 147 Å². The molecule has 0 amide bonds. The van der Waals surface area contributed by atoms with Gasteiger partial charge in [-0.05, 0) is 26.9 Å². The van der Waals surface area contributed by atoms with E-state index in [-0.39, 0.29) is 52.2 Å². The maximum atomic E-state index is 10.9. The Labute approximate surface area is 338 Å². The van der Waals surface area contributed by atoms with Crippen LogP contribution in [0, 0.1) is 0 Å². The number of nitrogens with two attached hydrogens (primary N) is 8. The first-order valence-electron chi connectivity index (χ1n) is 19.9. The van der Waals surface area contributed by atoms with Crippen LogP contribution in [-0.4, -0.2) is 252 Å². The highest BCUT2D eigenvalue weighted by Gasteiger charge is 2.50. The Kier molecular flexibility index (Phi) is 19.2. The zero-order valence-electron chi connectivity index (χ0n) is 33.3. The van der Waals surface area contributed by atoms with Gasteiger partial charge in [0, 0.05) is 63.4 Å². The van der Waals surface area contributed by atoms with Crippen molar-refractivity contribution in [3.63, 3.8) is 0 Å². The average molecular weight is 845 g/mol. The molecule has 0 aromatic heterocycles. The SMILES string of the molecule is CN(CCN(C)C[C@@H](O)COC1[C@@H](O)[C@H](N)C[C@H](N)[C@H]1O[C@H]1O[C@H](CN)[C@@H](O)[C@H](O)[C@H]1N)C[C@@H](O)COC1[C@@H](O[C@@H]2O[C@@H](CN)[C@H](O)[C@@H](O)[C@@H]2N)[C@H](N)C[C@H](N)[C@H]1O. The fourth-order valence-electron chi connectivity index (χ4n) is 7.93. The van der Waals surface area contributed by atoms with Gasteiger partial charge in [-0.15, -0.1) is 0 Å². The molecule has 342 valence electrons. The van der Waals surface area contributed by atoms with Gasteiger partial charge in [-0.2, -0.15) is 0 Å². The second-order valence-electron chi connectivity index (χ2n) is 16.4. The van der Waals surface area contributed by atoms with Crippen LogP contribution >= 0.6 is 0 Å². The summed E-state index contributed by atoms with van der Waals surface area (Å²) >= 11 is 0. The molecule has 2 saturated carbocycles. The molecule has 0 spiro atoms. The summed E-state index contributed by atoms with van der Waals surface area (Å²) in [5.74, 6) is 0. The van der Waals surface area contributed by atoms with Gasteiger partial charge < -0.3 is 125 Å². The second kappa shape index (κ2) is 22.4. The van der Waals surface area contributed by atoms with E-state index >= 15 is 0 Å². The number of aliphatic hydroxyl groups is 8. The number of hydrogen-bond donors (Lipinski definition) is 16. The number of ether oxygens (including phenoxy) is 6. The maximum Gasteiger partial charge on any atom is 0.176 e. The van der Waals surface area contributed by atoms with Crippen LogP contribution in [0.15, 0.2) is 0 Å². The van der Waals surface area contributed by atoms with E-state index in [4.69, 9.17) is 74.3 Å². The summed E-state index contributed by atoms with van der Waals surface area (Å²) in [7, 11) is 3.57. The lowest BCUT2D eigenvalue weighted by atomic mass is 9.84. The molecule has 2 unspecified atom stereocenters. The van der Waals surface area contributed by atoms with Gasteiger partial charge in [0.15, 0.2) is 12.6 Å². The molecule has 24 nitrogen and oxygen atoms in total. The van der Waals surface area contributed by atoms with Crippen molar-refractivity contribution in [1.82, 2.24) is 9.80 Å². The predicted octanol–water partition coefficient (Wildman–Crippen LogP) is -10.6. The van der Waals surface area contributed by atoms with Crippen LogP contribution < -0.4 is 45.9 Å². The number of hydrogen-bond acceptors (Lipinski definition) is 24. The standard InChI is InChI=1S/C34H72N10O14/c1-43(9-13(45)11-53-31-23(47)15(37)5-17(39)29(31)57-33-21(41)27(51)25(49)19(7-35)55-33)3-4-44(2)10-14(46)12-54-32-24(48)16(38)6-18(40)30(32)58-34-22(42)28(52)26(50)20(8-36)56-34/h13-34,45-52H,3-12,35-42H2,1-2H3/t13-,14-,15-,16+,17+,18-,19-,20+,21-,22+,23+,24-,25-,26+,27-,28+,29-,30+,31?,32?,33-,34+/m1/s1. The lowest BCUT2D eigenvalue weighted by Gasteiger charge is -2.47. The number of rotatable bonds is 19. The molecular weight excluding hydrogens is 772 g/mol. The highest BCUT2D eigenvalue weighted by atomic mass is 16.7. The Bertz CT molecular complexity index is 1130. The molecule has 4 aliphatic rings. The zero-order chi connectivity index (χ0) is 43.2. The van der Waals surface area contributed by atoms with Crippen LogP contribution in [0.4, 0.5) is 0 Å². The highest BCUT2D eigenvalue weighted by Crippen LogP contribution is 2.30. The third kappa shape index (κ3) is 12.4. The molecule has 2 heterocycles. The molecule has 0 aromatic carbocycles. The fraction of sp³-hybridized carbons (Fsp3) is 1.00. The normalized spacial score (nSPS) is 45.1. The van der Waals surface area contributed by atoms with Gasteiger partial charge in [0.2, 0.25) is 0 Å². The van der Waals surface area contributed by atoms with Crippen molar-refractivity contribution in [2.24, 2.45) is 45.9 Å². The zero-order valence-corrected chi connectivity index (χ0v) is 33.3. The summed E-state index contributed by atoms with van der Waals surface area (Å²) in [4.78, 5) is 3.69. The van der Waals surface area contributed by atoms with Gasteiger partial charge in [0.1, 0.15) is 61.0 Å². The molecule has 0 aromatic rings. The van der Waals surface area contributed by atoms with Crippen LogP contribution in [0.3, 0.4) is 0 Å². The third-order valence-corrected chi connectivity index (χ3v) is 11.5. The minimum Gasteiger partial charge on any atom is -0.389 e. The molecule has 4 rings (SSSR count). The maximum absolute atomic E-state index is 10.9. The summed E-state index contributed by atoms with van der Waals surface area (Å²) in [6, 6.07) is -5.25. The first-order chi connectivity index (χ1) is 27.3. The third-order valence-electron chi connectivity index (χ3n) is 11.5. The van der Waals surface area contributed by atoms with E-state index < -0.39 is 134 Å². The van der Waals surface area contributed by atoms with Gasteiger partial charge in [-0.1, -0.05) is 0 Å². The summed E-state index contributed by atoms with van der Waals surface area (Å²) < 4.78 is 35.4. The van der Waals surface area contributed by atoms with E-state index in [1.54, 1.807) is 14.1 Å². The van der Waals surface area contributed by atoms with Crippen LogP contribution in [0.5, 0.6) is 0 Å². The van der Waals surface area contributed by atoms with Gasteiger partial charge in [0.05, 0.1) is 49.7 Å². The van der Waals surface area contributed by atoms with E-state index in [0.29, 0.717) is 13.1 Å². The second-order valence-corrected chi connectivity index (χ2v) is 16.4. The Morgan fingerprint density at radius 3 is 1.21 bits per heavy atom. The van der Waals surface area contributed by atoms with Crippen molar-refractivity contribution in [3.8, 4) is 0 Å².